The first-order valence-corrected chi connectivity index (χ1v) is 10.0. The van der Waals surface area contributed by atoms with Crippen LogP contribution in [0.25, 0.3) is 11.4 Å². The van der Waals surface area contributed by atoms with E-state index >= 15 is 0 Å². The maximum absolute atomic E-state index is 5.81. The zero-order valence-electron chi connectivity index (χ0n) is 16.3. The van der Waals surface area contributed by atoms with E-state index in [-0.39, 0.29) is 11.9 Å². The second-order valence-corrected chi connectivity index (χ2v) is 7.89. The van der Waals surface area contributed by atoms with E-state index in [1.165, 1.54) is 11.8 Å². The summed E-state index contributed by atoms with van der Waals surface area (Å²) in [5.41, 5.74) is 3.10. The van der Waals surface area contributed by atoms with Gasteiger partial charge in [-0.25, -0.2) is 0 Å². The van der Waals surface area contributed by atoms with Crippen LogP contribution in [0.5, 0.6) is 5.75 Å². The van der Waals surface area contributed by atoms with Crippen LogP contribution in [0.15, 0.2) is 62.7 Å². The van der Waals surface area contributed by atoms with Gasteiger partial charge in [0.2, 0.25) is 11.7 Å². The Labute approximate surface area is 172 Å². The monoisotopic (exact) mass is 408 g/mol. The highest BCUT2D eigenvalue weighted by Crippen LogP contribution is 2.34. The SMILES string of the molecule is Cc1ccc(C)c(OCc2nnc(SC(C)c3nc(-c4ccccc4)no3)o2)c1. The van der Waals surface area contributed by atoms with Crippen LogP contribution in [0.1, 0.15) is 35.1 Å². The summed E-state index contributed by atoms with van der Waals surface area (Å²) in [7, 11) is 0. The molecule has 0 aliphatic rings. The Bertz CT molecular complexity index is 1090. The van der Waals surface area contributed by atoms with Gasteiger partial charge in [-0.1, -0.05) is 59.4 Å². The molecule has 148 valence electrons. The Hall–Kier alpha value is -3.13. The third kappa shape index (κ3) is 4.65. The Kier molecular flexibility index (Phi) is 5.62. The number of benzene rings is 2. The highest BCUT2D eigenvalue weighted by molar-refractivity contribution is 7.99. The molecule has 0 radical (unpaired) electrons. The lowest BCUT2D eigenvalue weighted by atomic mass is 10.1. The van der Waals surface area contributed by atoms with Crippen molar-refractivity contribution in [1.29, 1.82) is 0 Å². The quantitative estimate of drug-likeness (QED) is 0.387. The maximum Gasteiger partial charge on any atom is 0.277 e. The van der Waals surface area contributed by atoms with Crippen molar-refractivity contribution in [2.24, 2.45) is 0 Å². The van der Waals surface area contributed by atoms with E-state index < -0.39 is 0 Å². The van der Waals surface area contributed by atoms with Crippen molar-refractivity contribution in [2.75, 3.05) is 0 Å². The van der Waals surface area contributed by atoms with Gasteiger partial charge in [-0.3, -0.25) is 0 Å². The van der Waals surface area contributed by atoms with Crippen molar-refractivity contribution >= 4 is 11.8 Å². The number of ether oxygens (including phenoxy) is 1. The molecule has 7 nitrogen and oxygen atoms in total. The summed E-state index contributed by atoms with van der Waals surface area (Å²) in [5, 5.41) is 12.5. The van der Waals surface area contributed by atoms with E-state index in [1.807, 2.05) is 69.3 Å². The van der Waals surface area contributed by atoms with E-state index in [0.29, 0.717) is 22.8 Å². The van der Waals surface area contributed by atoms with Crippen LogP contribution in [0, 0.1) is 13.8 Å². The first-order valence-electron chi connectivity index (χ1n) is 9.16. The molecule has 0 spiro atoms. The number of aromatic nitrogens is 4. The summed E-state index contributed by atoms with van der Waals surface area (Å²) in [4.78, 5) is 4.46. The summed E-state index contributed by atoms with van der Waals surface area (Å²) >= 11 is 1.36. The number of nitrogens with zero attached hydrogens (tertiary/aromatic N) is 4. The standard InChI is InChI=1S/C21H20N4O3S/c1-13-9-10-14(2)17(11-13)26-12-18-23-24-21(27-18)29-15(3)20-22-19(25-28-20)16-7-5-4-6-8-16/h4-11,15H,12H2,1-3H3. The van der Waals surface area contributed by atoms with Crippen molar-refractivity contribution in [1.82, 2.24) is 20.3 Å². The molecule has 4 aromatic rings. The van der Waals surface area contributed by atoms with E-state index in [1.54, 1.807) is 0 Å². The van der Waals surface area contributed by atoms with Crippen LogP contribution in [0.3, 0.4) is 0 Å². The molecule has 0 N–H and O–H groups in total. The van der Waals surface area contributed by atoms with Crippen LogP contribution >= 0.6 is 11.8 Å². The van der Waals surface area contributed by atoms with Crippen LogP contribution in [-0.2, 0) is 6.61 Å². The van der Waals surface area contributed by atoms with Crippen molar-refractivity contribution in [3.63, 3.8) is 0 Å². The second-order valence-electron chi connectivity index (χ2n) is 6.60. The first-order chi connectivity index (χ1) is 14.1. The Morgan fingerprint density at radius 2 is 1.90 bits per heavy atom. The van der Waals surface area contributed by atoms with E-state index in [2.05, 4.69) is 20.3 Å². The fourth-order valence-electron chi connectivity index (χ4n) is 2.65. The molecule has 8 heteroatoms. The lowest BCUT2D eigenvalue weighted by Gasteiger charge is -2.07. The third-order valence-electron chi connectivity index (χ3n) is 4.24. The second kappa shape index (κ2) is 8.48. The molecule has 4 rings (SSSR count). The number of thioether (sulfide) groups is 1. The van der Waals surface area contributed by atoms with Crippen molar-refractivity contribution < 1.29 is 13.7 Å². The van der Waals surface area contributed by atoms with Gasteiger partial charge in [-0.2, -0.15) is 4.98 Å². The van der Waals surface area contributed by atoms with Gasteiger partial charge in [-0.15, -0.1) is 10.2 Å². The highest BCUT2D eigenvalue weighted by Gasteiger charge is 2.20. The van der Waals surface area contributed by atoms with Gasteiger partial charge >= 0.3 is 0 Å². The van der Waals surface area contributed by atoms with Gasteiger partial charge < -0.3 is 13.7 Å². The molecule has 0 amide bonds. The van der Waals surface area contributed by atoms with E-state index in [0.717, 1.165) is 22.4 Å². The van der Waals surface area contributed by atoms with Crippen LogP contribution in [0.2, 0.25) is 0 Å². The van der Waals surface area contributed by atoms with E-state index in [9.17, 15) is 0 Å². The molecule has 0 aliphatic carbocycles. The number of rotatable bonds is 7. The molecule has 0 fully saturated rings. The van der Waals surface area contributed by atoms with Crippen molar-refractivity contribution in [3.8, 4) is 17.1 Å². The topological polar surface area (TPSA) is 87.1 Å². The predicted octanol–water partition coefficient (Wildman–Crippen LogP) is 5.17. The molecule has 0 bridgehead atoms. The summed E-state index contributed by atoms with van der Waals surface area (Å²) < 4.78 is 16.9. The first kappa shape index (κ1) is 19.2. The molecule has 1 atom stereocenters. The molecular weight excluding hydrogens is 388 g/mol. The van der Waals surface area contributed by atoms with Crippen molar-refractivity contribution in [2.45, 2.75) is 37.9 Å². The predicted molar refractivity (Wildman–Crippen MR) is 109 cm³/mol. The molecular formula is C21H20N4O3S. The van der Waals surface area contributed by atoms with Gasteiger partial charge in [0.1, 0.15) is 5.75 Å². The van der Waals surface area contributed by atoms with Crippen molar-refractivity contribution in [3.05, 3.63) is 71.4 Å². The van der Waals surface area contributed by atoms with E-state index in [4.69, 9.17) is 13.7 Å². The fourth-order valence-corrected chi connectivity index (χ4v) is 3.38. The Morgan fingerprint density at radius 3 is 2.72 bits per heavy atom. The zero-order chi connectivity index (χ0) is 20.2. The van der Waals surface area contributed by atoms with Gasteiger partial charge in [-0.05, 0) is 38.0 Å². The lowest BCUT2D eigenvalue weighted by molar-refractivity contribution is 0.250. The molecule has 0 aliphatic heterocycles. The van der Waals surface area contributed by atoms with Gasteiger partial charge in [0.05, 0.1) is 5.25 Å². The Morgan fingerprint density at radius 1 is 1.07 bits per heavy atom. The van der Waals surface area contributed by atoms with Gasteiger partial charge in [0.15, 0.2) is 6.61 Å². The smallest absolute Gasteiger partial charge is 0.277 e. The largest absolute Gasteiger partial charge is 0.484 e. The number of aryl methyl sites for hydroxylation is 2. The third-order valence-corrected chi connectivity index (χ3v) is 5.16. The summed E-state index contributed by atoms with van der Waals surface area (Å²) in [6.07, 6.45) is 0. The lowest BCUT2D eigenvalue weighted by Crippen LogP contribution is -1.97. The summed E-state index contributed by atoms with van der Waals surface area (Å²) in [6, 6.07) is 15.7. The average Bonchev–Trinajstić information content (AvgIpc) is 3.39. The van der Waals surface area contributed by atoms with Crippen LogP contribution in [-0.4, -0.2) is 20.3 Å². The summed E-state index contributed by atoms with van der Waals surface area (Å²) in [5.74, 6) is 2.28. The Balaban J connectivity index is 1.37. The molecule has 1 unspecified atom stereocenters. The van der Waals surface area contributed by atoms with Crippen LogP contribution < -0.4 is 4.74 Å². The summed E-state index contributed by atoms with van der Waals surface area (Å²) in [6.45, 7) is 6.18. The molecule has 2 heterocycles. The molecule has 2 aromatic carbocycles. The maximum atomic E-state index is 5.81. The number of hydrogen-bond acceptors (Lipinski definition) is 8. The minimum atomic E-state index is -0.131. The zero-order valence-corrected chi connectivity index (χ0v) is 17.1. The molecule has 29 heavy (non-hydrogen) atoms. The normalized spacial score (nSPS) is 12.1. The molecule has 0 saturated carbocycles. The minimum Gasteiger partial charge on any atom is -0.484 e. The highest BCUT2D eigenvalue weighted by atomic mass is 32.2. The van der Waals surface area contributed by atoms with Gasteiger partial charge in [0.25, 0.3) is 11.1 Å². The minimum absolute atomic E-state index is 0.131. The fraction of sp³-hybridized carbons (Fsp3) is 0.238. The molecule has 2 aromatic heterocycles. The molecule has 0 saturated heterocycles. The van der Waals surface area contributed by atoms with Gasteiger partial charge in [0, 0.05) is 5.56 Å². The number of hydrogen-bond donors (Lipinski definition) is 0. The van der Waals surface area contributed by atoms with Crippen LogP contribution in [0.4, 0.5) is 0 Å². The average molecular weight is 408 g/mol.